The molecule has 1 amide bonds. The molecule has 0 unspecified atom stereocenters. The smallest absolute Gasteiger partial charge is 0.288 e. The molecule has 0 aliphatic heterocycles. The number of hydrogen-bond donors (Lipinski definition) is 1. The first-order valence-corrected chi connectivity index (χ1v) is 6.99. The van der Waals surface area contributed by atoms with Crippen molar-refractivity contribution in [3.63, 3.8) is 0 Å². The number of carbonyl (C=O) groups excluding carboxylic acids is 1. The van der Waals surface area contributed by atoms with Crippen LogP contribution in [0.4, 0.5) is 5.69 Å². The Morgan fingerprint density at radius 2 is 2.24 bits per heavy atom. The number of aromatic nitrogens is 1. The minimum absolute atomic E-state index is 0.00398. The fourth-order valence-corrected chi connectivity index (χ4v) is 1.73. The lowest BCUT2D eigenvalue weighted by atomic mass is 10.2. The highest BCUT2D eigenvalue weighted by atomic mass is 35.5. The Bertz CT molecular complexity index is 508. The van der Waals surface area contributed by atoms with Gasteiger partial charge in [-0.25, -0.2) is 4.98 Å². The van der Waals surface area contributed by atoms with Crippen molar-refractivity contribution in [2.45, 2.75) is 32.8 Å². The topological polar surface area (TPSA) is 94.4 Å². The largest absolute Gasteiger partial charge is 0.379 e. The second-order valence-electron chi connectivity index (χ2n) is 4.67. The van der Waals surface area contributed by atoms with Gasteiger partial charge in [-0.1, -0.05) is 11.6 Å². The summed E-state index contributed by atoms with van der Waals surface area (Å²) in [5, 5.41) is 13.2. The molecule has 1 heterocycles. The number of hydrogen-bond acceptors (Lipinski definition) is 5. The summed E-state index contributed by atoms with van der Waals surface area (Å²) < 4.78 is 5.38. The molecular formula is C13H18ClN3O4. The molecule has 0 spiro atoms. The molecule has 0 fully saturated rings. The van der Waals surface area contributed by atoms with Crippen LogP contribution in [0.2, 0.25) is 5.15 Å². The van der Waals surface area contributed by atoms with Gasteiger partial charge < -0.3 is 10.1 Å². The molecule has 7 nitrogen and oxygen atoms in total. The van der Waals surface area contributed by atoms with Crippen molar-refractivity contribution in [2.24, 2.45) is 0 Å². The molecule has 1 aromatic heterocycles. The van der Waals surface area contributed by atoms with Gasteiger partial charge in [0, 0.05) is 19.2 Å². The SMILES string of the molecule is CC(C)OCCCCNC(=O)c1cc([N+](=O)[O-])cnc1Cl. The van der Waals surface area contributed by atoms with Gasteiger partial charge in [-0.2, -0.15) is 0 Å². The van der Waals surface area contributed by atoms with Gasteiger partial charge in [0.25, 0.3) is 11.6 Å². The fourth-order valence-electron chi connectivity index (χ4n) is 1.54. The first-order chi connectivity index (χ1) is 9.91. The van der Waals surface area contributed by atoms with E-state index >= 15 is 0 Å². The maximum atomic E-state index is 11.9. The van der Waals surface area contributed by atoms with Crippen LogP contribution in [0.5, 0.6) is 0 Å². The molecule has 0 saturated heterocycles. The number of ether oxygens (including phenoxy) is 1. The number of nitrogens with zero attached hydrogens (tertiary/aromatic N) is 2. The van der Waals surface area contributed by atoms with Crippen LogP contribution >= 0.6 is 11.6 Å². The van der Waals surface area contributed by atoms with Crippen molar-refractivity contribution in [3.8, 4) is 0 Å². The van der Waals surface area contributed by atoms with E-state index in [1.807, 2.05) is 13.8 Å². The number of carbonyl (C=O) groups is 1. The first kappa shape index (κ1) is 17.3. The molecule has 21 heavy (non-hydrogen) atoms. The van der Waals surface area contributed by atoms with E-state index in [0.717, 1.165) is 25.1 Å². The van der Waals surface area contributed by atoms with Gasteiger partial charge in [-0.15, -0.1) is 0 Å². The lowest BCUT2D eigenvalue weighted by molar-refractivity contribution is -0.385. The molecule has 1 rings (SSSR count). The van der Waals surface area contributed by atoms with E-state index in [0.29, 0.717) is 13.2 Å². The number of pyridine rings is 1. The minimum Gasteiger partial charge on any atom is -0.379 e. The molecule has 0 aromatic carbocycles. The Labute approximate surface area is 127 Å². The summed E-state index contributed by atoms with van der Waals surface area (Å²) in [4.78, 5) is 25.6. The number of rotatable bonds is 8. The van der Waals surface area contributed by atoms with E-state index in [9.17, 15) is 14.9 Å². The summed E-state index contributed by atoms with van der Waals surface area (Å²) in [5.74, 6) is -0.471. The molecule has 0 bridgehead atoms. The highest BCUT2D eigenvalue weighted by Gasteiger charge is 2.16. The van der Waals surface area contributed by atoms with Crippen LogP contribution in [-0.2, 0) is 4.74 Å². The van der Waals surface area contributed by atoms with Gasteiger partial charge in [0.15, 0.2) is 0 Å². The lowest BCUT2D eigenvalue weighted by Gasteiger charge is -2.08. The molecule has 116 valence electrons. The molecule has 0 atom stereocenters. The zero-order valence-electron chi connectivity index (χ0n) is 12.0. The molecule has 0 saturated carbocycles. The molecule has 0 aliphatic rings. The zero-order chi connectivity index (χ0) is 15.8. The van der Waals surface area contributed by atoms with Gasteiger partial charge in [0.05, 0.1) is 16.6 Å². The predicted molar refractivity (Wildman–Crippen MR) is 78.6 cm³/mol. The van der Waals surface area contributed by atoms with Gasteiger partial charge in [0.1, 0.15) is 11.3 Å². The number of amides is 1. The van der Waals surface area contributed by atoms with Crippen LogP contribution in [0.1, 0.15) is 37.0 Å². The lowest BCUT2D eigenvalue weighted by Crippen LogP contribution is -2.25. The molecular weight excluding hydrogens is 298 g/mol. The maximum Gasteiger partial charge on any atom is 0.288 e. The number of halogens is 1. The molecule has 1 N–H and O–H groups in total. The Kier molecular flexibility index (Phi) is 7.04. The van der Waals surface area contributed by atoms with E-state index in [1.54, 1.807) is 0 Å². The third-order valence-electron chi connectivity index (χ3n) is 2.59. The Hall–Kier alpha value is -1.73. The molecule has 1 aromatic rings. The summed E-state index contributed by atoms with van der Waals surface area (Å²) in [6.45, 7) is 4.99. The van der Waals surface area contributed by atoms with Crippen LogP contribution in [0.25, 0.3) is 0 Å². The highest BCUT2D eigenvalue weighted by molar-refractivity contribution is 6.32. The van der Waals surface area contributed by atoms with Crippen molar-refractivity contribution in [2.75, 3.05) is 13.2 Å². The zero-order valence-corrected chi connectivity index (χ0v) is 12.7. The van der Waals surface area contributed by atoms with E-state index in [4.69, 9.17) is 16.3 Å². The van der Waals surface area contributed by atoms with E-state index < -0.39 is 10.8 Å². The third-order valence-corrected chi connectivity index (χ3v) is 2.89. The standard InChI is InChI=1S/C13H18ClN3O4/c1-9(2)21-6-4-3-5-15-13(18)11-7-10(17(19)20)8-16-12(11)14/h7-9H,3-6H2,1-2H3,(H,15,18). The summed E-state index contributed by atoms with van der Waals surface area (Å²) in [6.07, 6.45) is 2.77. The van der Waals surface area contributed by atoms with Crippen molar-refractivity contribution in [1.29, 1.82) is 0 Å². The Balaban J connectivity index is 2.45. The van der Waals surface area contributed by atoms with Crippen molar-refractivity contribution >= 4 is 23.2 Å². The average molecular weight is 316 g/mol. The summed E-state index contributed by atoms with van der Waals surface area (Å²) in [5.41, 5.74) is -0.265. The van der Waals surface area contributed by atoms with Gasteiger partial charge >= 0.3 is 0 Å². The van der Waals surface area contributed by atoms with Crippen molar-refractivity contribution in [1.82, 2.24) is 10.3 Å². The molecule has 8 heteroatoms. The molecule has 0 radical (unpaired) electrons. The van der Waals surface area contributed by atoms with Crippen LogP contribution in [0, 0.1) is 10.1 Å². The summed E-state index contributed by atoms with van der Waals surface area (Å²) in [7, 11) is 0. The van der Waals surface area contributed by atoms with Crippen LogP contribution in [0.3, 0.4) is 0 Å². The van der Waals surface area contributed by atoms with Gasteiger partial charge in [-0.3, -0.25) is 14.9 Å². The minimum atomic E-state index is -0.622. The molecule has 0 aliphatic carbocycles. The van der Waals surface area contributed by atoms with Crippen LogP contribution in [-0.4, -0.2) is 35.1 Å². The second-order valence-corrected chi connectivity index (χ2v) is 5.03. The van der Waals surface area contributed by atoms with Gasteiger partial charge in [0.2, 0.25) is 0 Å². The van der Waals surface area contributed by atoms with Crippen LogP contribution < -0.4 is 5.32 Å². The maximum absolute atomic E-state index is 11.9. The quantitative estimate of drug-likeness (QED) is 0.344. The fraction of sp³-hybridized carbons (Fsp3) is 0.538. The number of nitro groups is 1. The predicted octanol–water partition coefficient (Wildman–Crippen LogP) is 2.58. The Morgan fingerprint density at radius 1 is 1.52 bits per heavy atom. The monoisotopic (exact) mass is 315 g/mol. The van der Waals surface area contributed by atoms with Crippen LogP contribution in [0.15, 0.2) is 12.3 Å². The van der Waals surface area contributed by atoms with Crippen molar-refractivity contribution < 1.29 is 14.5 Å². The average Bonchev–Trinajstić information content (AvgIpc) is 2.42. The van der Waals surface area contributed by atoms with E-state index in [2.05, 4.69) is 10.3 Å². The van der Waals surface area contributed by atoms with E-state index in [-0.39, 0.29) is 22.5 Å². The number of unbranched alkanes of at least 4 members (excludes halogenated alkanes) is 1. The van der Waals surface area contributed by atoms with Gasteiger partial charge in [-0.05, 0) is 26.7 Å². The normalized spacial score (nSPS) is 10.7. The summed E-state index contributed by atoms with van der Waals surface area (Å²) in [6, 6.07) is 1.12. The number of nitrogens with one attached hydrogen (secondary N) is 1. The first-order valence-electron chi connectivity index (χ1n) is 6.61. The highest BCUT2D eigenvalue weighted by Crippen LogP contribution is 2.18. The summed E-state index contributed by atoms with van der Waals surface area (Å²) >= 11 is 5.78. The third kappa shape index (κ3) is 6.05. The second kappa shape index (κ2) is 8.53. The van der Waals surface area contributed by atoms with Crippen molar-refractivity contribution in [3.05, 3.63) is 33.1 Å². The van der Waals surface area contributed by atoms with E-state index in [1.165, 1.54) is 0 Å². The Morgan fingerprint density at radius 3 is 2.86 bits per heavy atom.